The van der Waals surface area contributed by atoms with E-state index >= 15 is 0 Å². The number of fused-ring (bicyclic) bond motifs is 2. The van der Waals surface area contributed by atoms with E-state index in [-0.39, 0.29) is 18.0 Å². The second-order valence-electron chi connectivity index (χ2n) is 7.97. The monoisotopic (exact) mass is 364 g/mol. The molecule has 0 spiro atoms. The van der Waals surface area contributed by atoms with Crippen molar-refractivity contribution in [3.63, 3.8) is 0 Å². The Bertz CT molecular complexity index is 687. The fourth-order valence-corrected chi connectivity index (χ4v) is 7.37. The molecule has 1 saturated heterocycles. The lowest BCUT2D eigenvalue weighted by molar-refractivity contribution is -0.119. The Hall–Kier alpha value is -0.910. The zero-order valence-corrected chi connectivity index (χ0v) is 15.7. The van der Waals surface area contributed by atoms with Gasteiger partial charge in [0.25, 0.3) is 0 Å². The standard InChI is InChI=1S/C20H28O4S/c1-23-20-17-11-14-7-5-6-10-16(14)19(18(17)12-24-20)13-25(21,22)15-8-3-2-4-9-15/h2-4,8-9,14,16-20H,5-7,10-13H2,1H3/t14-,16+,17+,18+,19-,20+/m1/s1. The molecule has 2 aliphatic carbocycles. The summed E-state index contributed by atoms with van der Waals surface area (Å²) in [6.45, 7) is 0.640. The highest BCUT2D eigenvalue weighted by Crippen LogP contribution is 2.53. The number of ether oxygens (including phenoxy) is 2. The molecule has 0 aromatic heterocycles. The summed E-state index contributed by atoms with van der Waals surface area (Å²) in [6, 6.07) is 8.91. The Balaban J connectivity index is 1.63. The van der Waals surface area contributed by atoms with Gasteiger partial charge in [-0.3, -0.25) is 0 Å². The summed E-state index contributed by atoms with van der Waals surface area (Å²) in [7, 11) is -1.57. The van der Waals surface area contributed by atoms with Crippen molar-refractivity contribution in [3.05, 3.63) is 30.3 Å². The van der Waals surface area contributed by atoms with Crippen LogP contribution in [0, 0.1) is 29.6 Å². The van der Waals surface area contributed by atoms with Gasteiger partial charge in [-0.1, -0.05) is 37.5 Å². The van der Waals surface area contributed by atoms with E-state index in [0.29, 0.717) is 35.2 Å². The summed E-state index contributed by atoms with van der Waals surface area (Å²) in [5.74, 6) is 2.25. The van der Waals surface area contributed by atoms with Crippen molar-refractivity contribution in [3.8, 4) is 0 Å². The van der Waals surface area contributed by atoms with Crippen molar-refractivity contribution in [1.29, 1.82) is 0 Å². The minimum absolute atomic E-state index is 0.158. The molecule has 3 aliphatic rings. The fraction of sp³-hybridized carbons (Fsp3) is 0.700. The average Bonchev–Trinajstić information content (AvgIpc) is 3.05. The minimum atomic E-state index is -3.27. The van der Waals surface area contributed by atoms with Crippen molar-refractivity contribution in [2.45, 2.75) is 43.3 Å². The quantitative estimate of drug-likeness (QED) is 0.820. The topological polar surface area (TPSA) is 52.6 Å². The highest BCUT2D eigenvalue weighted by molar-refractivity contribution is 7.91. The highest BCUT2D eigenvalue weighted by Gasteiger charge is 2.52. The van der Waals surface area contributed by atoms with Gasteiger partial charge in [-0.25, -0.2) is 8.42 Å². The van der Waals surface area contributed by atoms with Gasteiger partial charge in [-0.2, -0.15) is 0 Å². The van der Waals surface area contributed by atoms with E-state index in [0.717, 1.165) is 6.42 Å². The second-order valence-corrected chi connectivity index (χ2v) is 10.0. The minimum Gasteiger partial charge on any atom is -0.356 e. The van der Waals surface area contributed by atoms with Crippen LogP contribution in [0.3, 0.4) is 0 Å². The van der Waals surface area contributed by atoms with Crippen LogP contribution in [0.1, 0.15) is 32.1 Å². The summed E-state index contributed by atoms with van der Waals surface area (Å²) in [5, 5.41) is 0. The second kappa shape index (κ2) is 7.01. The zero-order chi connectivity index (χ0) is 17.4. The molecule has 25 heavy (non-hydrogen) atoms. The van der Waals surface area contributed by atoms with Crippen LogP contribution in [0.4, 0.5) is 0 Å². The molecule has 1 heterocycles. The predicted octanol–water partition coefficient (Wildman–Crippen LogP) is 3.52. The van der Waals surface area contributed by atoms with Gasteiger partial charge in [0, 0.05) is 13.0 Å². The zero-order valence-electron chi connectivity index (χ0n) is 14.8. The molecule has 2 saturated carbocycles. The molecule has 0 N–H and O–H groups in total. The first-order valence-corrected chi connectivity index (χ1v) is 11.2. The molecular weight excluding hydrogens is 336 g/mol. The van der Waals surface area contributed by atoms with Gasteiger partial charge < -0.3 is 9.47 Å². The Morgan fingerprint density at radius 3 is 2.60 bits per heavy atom. The van der Waals surface area contributed by atoms with Gasteiger partial charge in [0.1, 0.15) is 0 Å². The smallest absolute Gasteiger partial charge is 0.178 e. The summed E-state index contributed by atoms with van der Waals surface area (Å²) >= 11 is 0. The maximum Gasteiger partial charge on any atom is 0.178 e. The van der Waals surface area contributed by atoms with Gasteiger partial charge >= 0.3 is 0 Å². The molecule has 3 fully saturated rings. The molecule has 5 heteroatoms. The average molecular weight is 365 g/mol. The maximum atomic E-state index is 13.0. The molecule has 6 atom stereocenters. The number of sulfone groups is 1. The van der Waals surface area contributed by atoms with Crippen LogP contribution in [-0.2, 0) is 19.3 Å². The molecule has 1 aromatic carbocycles. The van der Waals surface area contributed by atoms with Crippen molar-refractivity contribution in [1.82, 2.24) is 0 Å². The van der Waals surface area contributed by atoms with E-state index < -0.39 is 9.84 Å². The third-order valence-corrected chi connectivity index (χ3v) is 8.56. The Kier molecular flexibility index (Phi) is 4.91. The van der Waals surface area contributed by atoms with Crippen LogP contribution in [-0.4, -0.2) is 34.2 Å². The Morgan fingerprint density at radius 2 is 1.84 bits per heavy atom. The first-order valence-electron chi connectivity index (χ1n) is 9.52. The van der Waals surface area contributed by atoms with Crippen LogP contribution in [0.15, 0.2) is 35.2 Å². The fourth-order valence-electron chi connectivity index (χ4n) is 5.61. The van der Waals surface area contributed by atoms with Crippen LogP contribution in [0.2, 0.25) is 0 Å². The summed E-state index contributed by atoms with van der Waals surface area (Å²) < 4.78 is 37.5. The first kappa shape index (κ1) is 17.5. The van der Waals surface area contributed by atoms with Crippen LogP contribution >= 0.6 is 0 Å². The van der Waals surface area contributed by atoms with E-state index in [9.17, 15) is 8.42 Å². The van der Waals surface area contributed by atoms with Crippen LogP contribution < -0.4 is 0 Å². The van der Waals surface area contributed by atoms with Crippen molar-refractivity contribution in [2.24, 2.45) is 29.6 Å². The lowest BCUT2D eigenvalue weighted by atomic mass is 9.59. The van der Waals surface area contributed by atoms with Crippen molar-refractivity contribution >= 4 is 9.84 Å². The molecule has 0 amide bonds. The number of hydrogen-bond donors (Lipinski definition) is 0. The Labute approximate surface area is 150 Å². The molecule has 0 bridgehead atoms. The third-order valence-electron chi connectivity index (χ3n) is 6.74. The van der Waals surface area contributed by atoms with E-state index in [4.69, 9.17) is 9.47 Å². The summed E-state index contributed by atoms with van der Waals surface area (Å²) in [5.41, 5.74) is 0. The van der Waals surface area contributed by atoms with Crippen LogP contribution in [0.25, 0.3) is 0 Å². The molecular formula is C20H28O4S. The van der Waals surface area contributed by atoms with E-state index in [1.807, 2.05) is 6.07 Å². The Morgan fingerprint density at radius 1 is 1.08 bits per heavy atom. The number of benzene rings is 1. The molecule has 4 rings (SSSR count). The lowest BCUT2D eigenvalue weighted by Crippen LogP contribution is -2.45. The highest BCUT2D eigenvalue weighted by atomic mass is 32.2. The largest absolute Gasteiger partial charge is 0.356 e. The van der Waals surface area contributed by atoms with Gasteiger partial charge in [0.05, 0.1) is 17.3 Å². The molecule has 0 unspecified atom stereocenters. The van der Waals surface area contributed by atoms with Gasteiger partial charge in [0.15, 0.2) is 16.1 Å². The first-order chi connectivity index (χ1) is 12.1. The summed E-state index contributed by atoms with van der Waals surface area (Å²) in [6.07, 6.45) is 5.88. The normalized spacial score (nSPS) is 38.1. The third kappa shape index (κ3) is 3.26. The number of rotatable bonds is 4. The SMILES string of the molecule is CO[C@H]1OC[C@@H]2[C@H](CS(=O)(=O)c3ccccc3)[C@H]3CCCC[C@@H]3C[C@H]12. The number of hydrogen-bond acceptors (Lipinski definition) is 4. The van der Waals surface area contributed by atoms with Crippen LogP contribution in [0.5, 0.6) is 0 Å². The lowest BCUT2D eigenvalue weighted by Gasteiger charge is -2.47. The molecule has 138 valence electrons. The molecule has 1 aliphatic heterocycles. The van der Waals surface area contributed by atoms with Crippen molar-refractivity contribution in [2.75, 3.05) is 19.5 Å². The van der Waals surface area contributed by atoms with E-state index in [2.05, 4.69) is 0 Å². The molecule has 4 nitrogen and oxygen atoms in total. The van der Waals surface area contributed by atoms with Gasteiger partial charge in [-0.15, -0.1) is 0 Å². The molecule has 1 aromatic rings. The summed E-state index contributed by atoms with van der Waals surface area (Å²) in [4.78, 5) is 0.451. The van der Waals surface area contributed by atoms with Gasteiger partial charge in [-0.05, 0) is 48.6 Å². The van der Waals surface area contributed by atoms with Gasteiger partial charge in [0.2, 0.25) is 0 Å². The van der Waals surface area contributed by atoms with E-state index in [1.54, 1.807) is 31.4 Å². The number of methoxy groups -OCH3 is 1. The molecule has 0 radical (unpaired) electrons. The predicted molar refractivity (Wildman–Crippen MR) is 95.8 cm³/mol. The van der Waals surface area contributed by atoms with Crippen molar-refractivity contribution < 1.29 is 17.9 Å². The maximum absolute atomic E-state index is 13.0. The van der Waals surface area contributed by atoms with E-state index in [1.165, 1.54) is 25.7 Å².